The smallest absolute Gasteiger partial charge is 0.0540 e. The first kappa shape index (κ1) is 30.2. The molecule has 6 aromatic rings. The van der Waals surface area contributed by atoms with Crippen molar-refractivity contribution in [3.63, 3.8) is 0 Å². The van der Waals surface area contributed by atoms with Gasteiger partial charge in [0.25, 0.3) is 0 Å². The Kier molecular flexibility index (Phi) is 6.99. The van der Waals surface area contributed by atoms with Crippen molar-refractivity contribution in [3.8, 4) is 33.4 Å². The normalized spacial score (nSPS) is 16.3. The van der Waals surface area contributed by atoms with Gasteiger partial charge in [0.1, 0.15) is 0 Å². The van der Waals surface area contributed by atoms with E-state index in [2.05, 4.69) is 166 Å². The lowest BCUT2D eigenvalue weighted by Crippen LogP contribution is -2.28. The number of hydrogen-bond donors (Lipinski definition) is 0. The molecule has 1 spiro atoms. The topological polar surface area (TPSA) is 3.24 Å². The fourth-order valence-corrected chi connectivity index (χ4v) is 9.49. The molecule has 0 aliphatic heterocycles. The second kappa shape index (κ2) is 11.3. The second-order valence-electron chi connectivity index (χ2n) is 15.5. The zero-order valence-corrected chi connectivity index (χ0v) is 29.3. The molecule has 9 rings (SSSR count). The van der Waals surface area contributed by atoms with Gasteiger partial charge in [-0.3, -0.25) is 0 Å². The summed E-state index contributed by atoms with van der Waals surface area (Å²) in [5, 5.41) is 0. The molecular formula is C48H45N. The lowest BCUT2D eigenvalue weighted by molar-refractivity contribution is 0.353. The summed E-state index contributed by atoms with van der Waals surface area (Å²) < 4.78 is 0. The molecule has 0 saturated heterocycles. The predicted octanol–water partition coefficient (Wildman–Crippen LogP) is 13.5. The van der Waals surface area contributed by atoms with Crippen molar-refractivity contribution in [1.82, 2.24) is 0 Å². The largest absolute Gasteiger partial charge is 0.310 e. The van der Waals surface area contributed by atoms with Crippen LogP contribution in [-0.4, -0.2) is 0 Å². The summed E-state index contributed by atoms with van der Waals surface area (Å²) in [5.74, 6) is 0.439. The van der Waals surface area contributed by atoms with Crippen LogP contribution in [0, 0.1) is 0 Å². The van der Waals surface area contributed by atoms with E-state index >= 15 is 0 Å². The van der Waals surface area contributed by atoms with Gasteiger partial charge in [0, 0.05) is 27.8 Å². The summed E-state index contributed by atoms with van der Waals surface area (Å²) in [7, 11) is 0. The van der Waals surface area contributed by atoms with E-state index in [1.807, 2.05) is 0 Å². The van der Waals surface area contributed by atoms with Gasteiger partial charge in [0.15, 0.2) is 0 Å². The van der Waals surface area contributed by atoms with Gasteiger partial charge in [-0.05, 0) is 111 Å². The fourth-order valence-electron chi connectivity index (χ4n) is 9.49. The lowest BCUT2D eigenvalue weighted by Gasteiger charge is -2.37. The van der Waals surface area contributed by atoms with Crippen molar-refractivity contribution < 1.29 is 0 Å². The van der Waals surface area contributed by atoms with Gasteiger partial charge in [0.05, 0.1) is 5.69 Å². The van der Waals surface area contributed by atoms with Crippen molar-refractivity contribution in [2.24, 2.45) is 0 Å². The average molecular weight is 636 g/mol. The third kappa shape index (κ3) is 4.58. The highest BCUT2D eigenvalue weighted by Crippen LogP contribution is 2.57. The van der Waals surface area contributed by atoms with E-state index in [4.69, 9.17) is 0 Å². The Bertz CT molecular complexity index is 2210. The average Bonchev–Trinajstić information content (AvgIpc) is 3.53. The molecule has 1 fully saturated rings. The number of anilines is 3. The SMILES string of the molecule is CC(C)c1ccc(N(c2ccc3c(c2)C(C)(C)c2ccccc2-3)c2ccc3c(c2)C2(CCCCC2)c2ccccc2-3)c(-c2ccccc2)c1. The molecule has 1 nitrogen and oxygen atoms in total. The van der Waals surface area contributed by atoms with Gasteiger partial charge in [-0.1, -0.05) is 144 Å². The summed E-state index contributed by atoms with van der Waals surface area (Å²) in [6, 6.07) is 50.9. The maximum Gasteiger partial charge on any atom is 0.0540 e. The quantitative estimate of drug-likeness (QED) is 0.182. The first-order chi connectivity index (χ1) is 23.9. The molecular weight excluding hydrogens is 591 g/mol. The van der Waals surface area contributed by atoms with Crippen molar-refractivity contribution in [1.29, 1.82) is 0 Å². The van der Waals surface area contributed by atoms with Gasteiger partial charge >= 0.3 is 0 Å². The Labute approximate surface area is 292 Å². The van der Waals surface area contributed by atoms with Crippen LogP contribution >= 0.6 is 0 Å². The highest BCUT2D eigenvalue weighted by molar-refractivity contribution is 5.92. The Morgan fingerprint density at radius 1 is 0.490 bits per heavy atom. The second-order valence-corrected chi connectivity index (χ2v) is 15.5. The minimum absolute atomic E-state index is 0.0803. The zero-order valence-electron chi connectivity index (χ0n) is 29.3. The van der Waals surface area contributed by atoms with Gasteiger partial charge in [-0.15, -0.1) is 0 Å². The maximum atomic E-state index is 2.57. The van der Waals surface area contributed by atoms with Gasteiger partial charge in [-0.2, -0.15) is 0 Å². The van der Waals surface area contributed by atoms with E-state index in [9.17, 15) is 0 Å². The molecule has 0 radical (unpaired) electrons. The third-order valence-electron chi connectivity index (χ3n) is 12.1. The van der Waals surface area contributed by atoms with Crippen LogP contribution in [0.15, 0.2) is 133 Å². The van der Waals surface area contributed by atoms with Crippen LogP contribution in [-0.2, 0) is 10.8 Å². The summed E-state index contributed by atoms with van der Waals surface area (Å²) in [5.41, 5.74) is 19.0. The van der Waals surface area contributed by atoms with Crippen LogP contribution in [0.1, 0.15) is 93.5 Å². The van der Waals surface area contributed by atoms with Crippen LogP contribution in [0.2, 0.25) is 0 Å². The van der Waals surface area contributed by atoms with Crippen molar-refractivity contribution in [3.05, 3.63) is 161 Å². The van der Waals surface area contributed by atoms with E-state index in [1.54, 1.807) is 0 Å². The highest BCUT2D eigenvalue weighted by Gasteiger charge is 2.44. The van der Waals surface area contributed by atoms with Gasteiger partial charge < -0.3 is 4.90 Å². The van der Waals surface area contributed by atoms with Gasteiger partial charge in [-0.25, -0.2) is 0 Å². The molecule has 49 heavy (non-hydrogen) atoms. The molecule has 0 heterocycles. The number of fused-ring (bicyclic) bond motifs is 8. The number of benzene rings is 6. The molecule has 0 atom stereocenters. The van der Waals surface area contributed by atoms with Crippen LogP contribution in [0.4, 0.5) is 17.1 Å². The van der Waals surface area contributed by atoms with E-state index in [1.165, 1.54) is 110 Å². The van der Waals surface area contributed by atoms with Gasteiger partial charge in [0.2, 0.25) is 0 Å². The van der Waals surface area contributed by atoms with Crippen LogP contribution in [0.25, 0.3) is 33.4 Å². The first-order valence-corrected chi connectivity index (χ1v) is 18.4. The van der Waals surface area contributed by atoms with E-state index < -0.39 is 0 Å². The number of rotatable bonds is 5. The van der Waals surface area contributed by atoms with Crippen LogP contribution < -0.4 is 4.90 Å². The van der Waals surface area contributed by atoms with Crippen molar-refractivity contribution >= 4 is 17.1 Å². The molecule has 0 amide bonds. The maximum absolute atomic E-state index is 2.57. The van der Waals surface area contributed by atoms with E-state index in [0.717, 1.165) is 0 Å². The molecule has 0 bridgehead atoms. The minimum atomic E-state index is -0.0803. The minimum Gasteiger partial charge on any atom is -0.310 e. The standard InChI is InChI=1S/C48H45N/c1-32(2)34-21-26-46(41(29-34)33-15-7-5-8-16-33)49(35-22-24-39-37-17-9-11-19-42(37)47(3,4)44(39)30-35)36-23-25-40-38-18-10-12-20-43(38)48(45(40)31-36)27-13-6-14-28-48/h5,7-12,15-26,29-32H,6,13-14,27-28H2,1-4H3. The number of hydrogen-bond acceptors (Lipinski definition) is 1. The van der Waals surface area contributed by atoms with Crippen molar-refractivity contribution in [2.45, 2.75) is 76.5 Å². The summed E-state index contributed by atoms with van der Waals surface area (Å²) >= 11 is 0. The highest BCUT2D eigenvalue weighted by atomic mass is 15.1. The van der Waals surface area contributed by atoms with Crippen LogP contribution in [0.3, 0.4) is 0 Å². The number of nitrogens with zero attached hydrogens (tertiary/aromatic N) is 1. The van der Waals surface area contributed by atoms with E-state index in [0.29, 0.717) is 5.92 Å². The molecule has 0 N–H and O–H groups in total. The molecule has 1 heteroatoms. The fraction of sp³-hybridized carbons (Fsp3) is 0.250. The Morgan fingerprint density at radius 3 is 1.76 bits per heavy atom. The predicted molar refractivity (Wildman–Crippen MR) is 208 cm³/mol. The zero-order chi connectivity index (χ0) is 33.3. The first-order valence-electron chi connectivity index (χ1n) is 18.4. The lowest BCUT2D eigenvalue weighted by atomic mass is 9.68. The molecule has 6 aromatic carbocycles. The monoisotopic (exact) mass is 635 g/mol. The summed E-state index contributed by atoms with van der Waals surface area (Å²) in [6.45, 7) is 9.36. The van der Waals surface area contributed by atoms with E-state index in [-0.39, 0.29) is 10.8 Å². The Balaban J connectivity index is 1.29. The Morgan fingerprint density at radius 2 is 1.06 bits per heavy atom. The summed E-state index contributed by atoms with van der Waals surface area (Å²) in [6.07, 6.45) is 6.36. The summed E-state index contributed by atoms with van der Waals surface area (Å²) in [4.78, 5) is 2.56. The molecule has 3 aliphatic rings. The van der Waals surface area contributed by atoms with Crippen molar-refractivity contribution in [2.75, 3.05) is 4.90 Å². The third-order valence-corrected chi connectivity index (χ3v) is 12.1. The molecule has 242 valence electrons. The molecule has 0 unspecified atom stereocenters. The molecule has 1 saturated carbocycles. The molecule has 3 aliphatic carbocycles. The Hall–Kier alpha value is -4.88. The molecule has 0 aromatic heterocycles. The van der Waals surface area contributed by atoms with Crippen LogP contribution in [0.5, 0.6) is 0 Å².